The van der Waals surface area contributed by atoms with Crippen LogP contribution in [0.25, 0.3) is 0 Å². The molecule has 0 saturated carbocycles. The number of aliphatic hydroxyl groups excluding tert-OH is 1. The number of carbonyl (C=O) groups excluding carboxylic acids is 1. The minimum absolute atomic E-state index is 0.242. The topological polar surface area (TPSA) is 46.5 Å². The number of hydrogen-bond acceptors (Lipinski definition) is 3. The van der Waals surface area contributed by atoms with E-state index >= 15 is 0 Å². The van der Waals surface area contributed by atoms with Crippen molar-refractivity contribution in [3.05, 3.63) is 48.6 Å². The maximum Gasteiger partial charge on any atom is 0.348 e. The molecule has 1 unspecified atom stereocenters. The van der Waals surface area contributed by atoms with Gasteiger partial charge in [-0.2, -0.15) is 0 Å². The van der Waals surface area contributed by atoms with Crippen LogP contribution >= 0.6 is 11.9 Å². The Labute approximate surface area is 126 Å². The zero-order valence-corrected chi connectivity index (χ0v) is 13.0. The van der Waals surface area contributed by atoms with E-state index in [1.165, 1.54) is 5.56 Å². The highest BCUT2D eigenvalue weighted by atomic mass is 35.5. The second-order valence-electron chi connectivity index (χ2n) is 5.21. The Morgan fingerprint density at radius 2 is 2.00 bits per heavy atom. The van der Waals surface area contributed by atoms with E-state index in [0.717, 1.165) is 23.6 Å². The third-order valence-corrected chi connectivity index (χ3v) is 2.61. The van der Waals surface area contributed by atoms with Gasteiger partial charge in [-0.15, -0.1) is 0 Å². The van der Waals surface area contributed by atoms with E-state index in [0.29, 0.717) is 0 Å². The van der Waals surface area contributed by atoms with Crippen LogP contribution in [-0.4, -0.2) is 42.3 Å². The van der Waals surface area contributed by atoms with Gasteiger partial charge in [0.15, 0.2) is 0 Å². The normalized spacial score (nSPS) is 11.8. The molecule has 0 fully saturated rings. The van der Waals surface area contributed by atoms with Crippen LogP contribution in [0, 0.1) is 0 Å². The summed E-state index contributed by atoms with van der Waals surface area (Å²) in [6, 6.07) is 10.4. The maximum atomic E-state index is 9.71. The number of halogens is 1. The molecule has 1 rings (SSSR count). The first kappa shape index (κ1) is 18.6. The van der Waals surface area contributed by atoms with E-state index in [1.54, 1.807) is 0 Å². The predicted octanol–water partition coefficient (Wildman–Crippen LogP) is 2.51. The Morgan fingerprint density at radius 1 is 1.45 bits per heavy atom. The molecular formula is C15H23ClNO3+. The molecule has 1 aromatic carbocycles. The molecule has 0 spiro atoms. The Hall–Kier alpha value is -1.36. The van der Waals surface area contributed by atoms with Gasteiger partial charge >= 0.3 is 5.97 Å². The molecule has 0 saturated heterocycles. The quantitative estimate of drug-likeness (QED) is 0.671. The van der Waals surface area contributed by atoms with Crippen LogP contribution in [0.1, 0.15) is 12.5 Å². The maximum absolute atomic E-state index is 9.71. The van der Waals surface area contributed by atoms with Gasteiger partial charge in [0.2, 0.25) is 0 Å². The van der Waals surface area contributed by atoms with Gasteiger partial charge < -0.3 is 13.9 Å². The van der Waals surface area contributed by atoms with Gasteiger partial charge in [0.05, 0.1) is 14.1 Å². The minimum Gasteiger partial charge on any atom is -0.388 e. The van der Waals surface area contributed by atoms with E-state index in [9.17, 15) is 9.90 Å². The third-order valence-electron chi connectivity index (χ3n) is 2.45. The molecule has 0 bridgehead atoms. The van der Waals surface area contributed by atoms with E-state index in [4.69, 9.17) is 0 Å². The van der Waals surface area contributed by atoms with Crippen molar-refractivity contribution in [3.63, 3.8) is 0 Å². The highest BCUT2D eigenvalue weighted by Crippen LogP contribution is 2.09. The Balaban J connectivity index is 0.000000511. The average molecular weight is 301 g/mol. The molecular weight excluding hydrogens is 278 g/mol. The fourth-order valence-electron chi connectivity index (χ4n) is 1.89. The monoisotopic (exact) mass is 300 g/mol. The van der Waals surface area contributed by atoms with E-state index in [2.05, 4.69) is 61.1 Å². The first-order valence-corrected chi connectivity index (χ1v) is 6.60. The van der Waals surface area contributed by atoms with Crippen LogP contribution in [0.15, 0.2) is 43.0 Å². The van der Waals surface area contributed by atoms with Gasteiger partial charge in [0.25, 0.3) is 0 Å². The molecule has 0 aliphatic rings. The Kier molecular flexibility index (Phi) is 8.88. The molecule has 4 nitrogen and oxygen atoms in total. The van der Waals surface area contributed by atoms with E-state index in [1.807, 2.05) is 13.0 Å². The summed E-state index contributed by atoms with van der Waals surface area (Å²) in [7, 11) is 4.28. The van der Waals surface area contributed by atoms with Gasteiger partial charge in [-0.25, -0.2) is 4.79 Å². The van der Waals surface area contributed by atoms with Crippen molar-refractivity contribution in [2.75, 3.05) is 20.6 Å². The lowest BCUT2D eigenvalue weighted by Crippen LogP contribution is -2.43. The van der Waals surface area contributed by atoms with Gasteiger partial charge in [-0.1, -0.05) is 36.9 Å². The Bertz CT molecular complexity index is 405. The molecule has 0 radical (unpaired) electrons. The first-order valence-electron chi connectivity index (χ1n) is 6.29. The number of hydrogen-bond donors (Lipinski definition) is 1. The smallest absolute Gasteiger partial charge is 0.348 e. The number of aliphatic hydroxyl groups is 1. The summed E-state index contributed by atoms with van der Waals surface area (Å²) in [6.45, 7) is 6.66. The summed E-state index contributed by atoms with van der Waals surface area (Å²) in [5, 5.41) is 9.35. The molecule has 0 aliphatic carbocycles. The molecule has 20 heavy (non-hydrogen) atoms. The van der Waals surface area contributed by atoms with Crippen LogP contribution in [0.5, 0.6) is 0 Å². The summed E-state index contributed by atoms with van der Waals surface area (Å²) in [5.41, 5.74) is 1.32. The average Bonchev–Trinajstić information content (AvgIpc) is 2.37. The van der Waals surface area contributed by atoms with Crippen molar-refractivity contribution in [2.24, 2.45) is 0 Å². The molecule has 0 aromatic heterocycles. The third kappa shape index (κ3) is 9.55. The van der Waals surface area contributed by atoms with Crippen LogP contribution in [0.4, 0.5) is 0 Å². The summed E-state index contributed by atoms with van der Waals surface area (Å²) >= 11 is 4.53. The van der Waals surface area contributed by atoms with Gasteiger partial charge in [-0.05, 0) is 6.92 Å². The van der Waals surface area contributed by atoms with Crippen LogP contribution in [0.2, 0.25) is 0 Å². The van der Waals surface area contributed by atoms with Crippen LogP contribution in [0.3, 0.4) is 0 Å². The zero-order chi connectivity index (χ0) is 15.6. The number of nitrogens with zero attached hydrogens (tertiary/aromatic N) is 1. The highest BCUT2D eigenvalue weighted by molar-refractivity contribution is 6.14. The van der Waals surface area contributed by atoms with Gasteiger partial charge in [0.1, 0.15) is 31.1 Å². The fraction of sp³-hybridized carbons (Fsp3) is 0.400. The molecule has 1 atom stereocenters. The summed E-state index contributed by atoms with van der Waals surface area (Å²) < 4.78 is 4.44. The molecule has 1 N–H and O–H groups in total. The number of quaternary nitrogens is 1. The van der Waals surface area contributed by atoms with Crippen molar-refractivity contribution in [3.8, 4) is 0 Å². The van der Waals surface area contributed by atoms with Gasteiger partial charge in [-0.3, -0.25) is 0 Å². The van der Waals surface area contributed by atoms with Crippen LogP contribution < -0.4 is 0 Å². The van der Waals surface area contributed by atoms with E-state index < -0.39 is 5.97 Å². The zero-order valence-electron chi connectivity index (χ0n) is 12.3. The number of benzene rings is 1. The molecule has 1 aromatic rings. The first-order chi connectivity index (χ1) is 9.30. The minimum atomic E-state index is -0.628. The standard InChI is InChI=1S/C12H20NO.C3H3ClO2/c1-11(14)9-13(2,3)10-12-7-5-4-6-8-12;1-2-3(5)6-4/h4-8,11,14H,9-10H2,1-3H3;2H,1H2/q+1;. The fourth-order valence-corrected chi connectivity index (χ4v) is 1.95. The number of rotatable bonds is 5. The highest BCUT2D eigenvalue weighted by Gasteiger charge is 2.17. The van der Waals surface area contributed by atoms with Crippen molar-refractivity contribution in [2.45, 2.75) is 19.6 Å². The number of carbonyl (C=O) groups is 1. The summed E-state index contributed by atoms with van der Waals surface area (Å²) in [6.07, 6.45) is 0.737. The lowest BCUT2D eigenvalue weighted by molar-refractivity contribution is -0.906. The lowest BCUT2D eigenvalue weighted by Gasteiger charge is -2.31. The molecule has 112 valence electrons. The van der Waals surface area contributed by atoms with Gasteiger partial charge in [0, 0.05) is 11.6 Å². The van der Waals surface area contributed by atoms with Crippen molar-refractivity contribution >= 4 is 17.8 Å². The lowest BCUT2D eigenvalue weighted by atomic mass is 10.2. The second-order valence-corrected chi connectivity index (χ2v) is 5.37. The van der Waals surface area contributed by atoms with Crippen molar-refractivity contribution in [1.82, 2.24) is 0 Å². The SMILES string of the molecule is C=CC(=O)OCl.CC(O)C[N+](C)(C)Cc1ccccc1. The molecule has 5 heteroatoms. The molecule has 0 aliphatic heterocycles. The predicted molar refractivity (Wildman–Crippen MR) is 80.9 cm³/mol. The summed E-state index contributed by atoms with van der Waals surface area (Å²) in [5.74, 6) is -0.628. The number of likely N-dealkylation sites (N-methyl/N-ethyl adjacent to an activating group) is 1. The van der Waals surface area contributed by atoms with Crippen LogP contribution in [-0.2, 0) is 15.6 Å². The van der Waals surface area contributed by atoms with Crippen molar-refractivity contribution in [1.29, 1.82) is 0 Å². The Morgan fingerprint density at radius 3 is 2.35 bits per heavy atom. The molecule has 0 amide bonds. The van der Waals surface area contributed by atoms with Crippen molar-refractivity contribution < 1.29 is 18.7 Å². The van der Waals surface area contributed by atoms with E-state index in [-0.39, 0.29) is 6.10 Å². The second kappa shape index (κ2) is 9.53. The summed E-state index contributed by atoms with van der Waals surface area (Å²) in [4.78, 5) is 9.71. The molecule has 0 heterocycles. The largest absolute Gasteiger partial charge is 0.388 e.